The lowest BCUT2D eigenvalue weighted by Gasteiger charge is -2.07. The molecule has 0 saturated carbocycles. The third-order valence-corrected chi connectivity index (χ3v) is 5.39. The highest BCUT2D eigenvalue weighted by atomic mass is 79.9. The predicted octanol–water partition coefficient (Wildman–Crippen LogP) is 6.00. The summed E-state index contributed by atoms with van der Waals surface area (Å²) in [5.41, 5.74) is 7.18. The van der Waals surface area contributed by atoms with Gasteiger partial charge in [-0.25, -0.2) is 0 Å². The number of rotatable bonds is 3. The van der Waals surface area contributed by atoms with E-state index in [0.717, 1.165) is 20.9 Å². The first-order valence-corrected chi connectivity index (χ1v) is 8.31. The van der Waals surface area contributed by atoms with Crippen LogP contribution in [0.15, 0.2) is 33.2 Å². The Kier molecular flexibility index (Phi) is 4.89. The van der Waals surface area contributed by atoms with Crippen molar-refractivity contribution in [2.45, 2.75) is 19.4 Å². The first-order valence-electron chi connectivity index (χ1n) is 5.53. The van der Waals surface area contributed by atoms with Crippen LogP contribution >= 0.6 is 54.8 Å². The van der Waals surface area contributed by atoms with Gasteiger partial charge in [0.2, 0.25) is 0 Å². The van der Waals surface area contributed by atoms with Crippen LogP contribution in [0.5, 0.6) is 0 Å². The molecule has 5 heteroatoms. The number of hydrogen-bond donors (Lipinski definition) is 1. The quantitative estimate of drug-likeness (QED) is 0.661. The van der Waals surface area contributed by atoms with Gasteiger partial charge in [-0.3, -0.25) is 0 Å². The van der Waals surface area contributed by atoms with E-state index >= 15 is 0 Å². The molecule has 0 fully saturated rings. The summed E-state index contributed by atoms with van der Waals surface area (Å²) < 4.78 is 1.97. The summed E-state index contributed by atoms with van der Waals surface area (Å²) in [6.45, 7) is 2.10. The van der Waals surface area contributed by atoms with Gasteiger partial charge in [-0.05, 0) is 30.7 Å². The van der Waals surface area contributed by atoms with Crippen molar-refractivity contribution >= 4 is 54.8 Å². The average molecular weight is 410 g/mol. The number of nitrogens with two attached hydrogens (primary N) is 1. The molecule has 0 spiro atoms. The summed E-state index contributed by atoms with van der Waals surface area (Å²) in [6.07, 6.45) is 0.947. The summed E-state index contributed by atoms with van der Waals surface area (Å²) in [4.78, 5) is 2.39. The molecule has 0 aliphatic rings. The van der Waals surface area contributed by atoms with Crippen molar-refractivity contribution in [2.24, 2.45) is 5.73 Å². The normalized spacial score (nSPS) is 12.7. The first-order chi connectivity index (χ1) is 8.52. The fourth-order valence-corrected chi connectivity index (χ4v) is 5.19. The lowest BCUT2D eigenvalue weighted by Crippen LogP contribution is -2.05. The molecule has 0 saturated heterocycles. The fraction of sp³-hybridized carbons (Fsp3) is 0.231. The molecule has 2 N–H and O–H groups in total. The van der Waals surface area contributed by atoms with Gasteiger partial charge < -0.3 is 5.73 Å². The minimum Gasteiger partial charge on any atom is -0.323 e. The van der Waals surface area contributed by atoms with Crippen LogP contribution in [-0.4, -0.2) is 0 Å². The molecular weight excluding hydrogens is 397 g/mol. The molecule has 96 valence electrons. The van der Waals surface area contributed by atoms with Crippen LogP contribution in [0, 0.1) is 0 Å². The van der Waals surface area contributed by atoms with Crippen LogP contribution in [0.25, 0.3) is 10.4 Å². The van der Waals surface area contributed by atoms with Gasteiger partial charge >= 0.3 is 0 Å². The molecule has 2 aromatic rings. The molecule has 0 aliphatic heterocycles. The highest BCUT2D eigenvalue weighted by Crippen LogP contribution is 2.41. The Labute approximate surface area is 133 Å². The van der Waals surface area contributed by atoms with Crippen LogP contribution < -0.4 is 5.73 Å². The second-order valence-corrected chi connectivity index (χ2v) is 7.22. The van der Waals surface area contributed by atoms with Gasteiger partial charge in [-0.2, -0.15) is 0 Å². The van der Waals surface area contributed by atoms with Gasteiger partial charge in [-0.1, -0.05) is 50.4 Å². The molecular formula is C13H12Br2ClNS. The number of thiophene rings is 1. The predicted molar refractivity (Wildman–Crippen MR) is 87.4 cm³/mol. The summed E-state index contributed by atoms with van der Waals surface area (Å²) in [5.74, 6) is 0. The molecule has 1 unspecified atom stereocenters. The molecule has 0 amide bonds. The Morgan fingerprint density at radius 2 is 1.89 bits per heavy atom. The maximum atomic E-state index is 6.05. The highest BCUT2D eigenvalue weighted by molar-refractivity contribution is 9.11. The maximum Gasteiger partial charge on any atom is 0.0428 e. The fourth-order valence-electron chi connectivity index (χ4n) is 1.67. The zero-order valence-electron chi connectivity index (χ0n) is 9.71. The van der Waals surface area contributed by atoms with Crippen LogP contribution in [-0.2, 0) is 0 Å². The summed E-state index contributed by atoms with van der Waals surface area (Å²) in [7, 11) is 0. The second-order valence-electron chi connectivity index (χ2n) is 3.96. The van der Waals surface area contributed by atoms with E-state index in [0.29, 0.717) is 5.02 Å². The summed E-state index contributed by atoms with van der Waals surface area (Å²) >= 11 is 14.9. The zero-order valence-corrected chi connectivity index (χ0v) is 14.5. The number of benzene rings is 1. The smallest absolute Gasteiger partial charge is 0.0428 e. The number of hydrogen-bond acceptors (Lipinski definition) is 2. The zero-order chi connectivity index (χ0) is 13.3. The molecule has 1 nitrogen and oxygen atoms in total. The van der Waals surface area contributed by atoms with E-state index in [1.54, 1.807) is 11.3 Å². The average Bonchev–Trinajstić information content (AvgIpc) is 2.76. The molecule has 1 heterocycles. The first kappa shape index (κ1) is 14.5. The van der Waals surface area contributed by atoms with Crippen LogP contribution in [0.1, 0.15) is 24.3 Å². The van der Waals surface area contributed by atoms with Crippen LogP contribution in [0.3, 0.4) is 0 Å². The molecule has 1 atom stereocenters. The standard InChI is InChI=1S/C13H12Br2ClNS/c1-2-10(17)11-3-4-12(18-11)13-8(14)5-7(16)6-9(13)15/h3-6,10H,2,17H2,1H3. The third kappa shape index (κ3) is 2.99. The molecule has 18 heavy (non-hydrogen) atoms. The van der Waals surface area contributed by atoms with Crippen molar-refractivity contribution in [3.63, 3.8) is 0 Å². The van der Waals surface area contributed by atoms with Gasteiger partial charge in [-0.15, -0.1) is 11.3 Å². The Morgan fingerprint density at radius 1 is 1.28 bits per heavy atom. The lowest BCUT2D eigenvalue weighted by atomic mass is 10.2. The highest BCUT2D eigenvalue weighted by Gasteiger charge is 2.13. The van der Waals surface area contributed by atoms with Crippen molar-refractivity contribution < 1.29 is 0 Å². The third-order valence-electron chi connectivity index (χ3n) is 2.69. The Balaban J connectivity index is 2.46. The van der Waals surface area contributed by atoms with E-state index in [2.05, 4.69) is 50.9 Å². The monoisotopic (exact) mass is 407 g/mol. The van der Waals surface area contributed by atoms with E-state index in [1.165, 1.54) is 9.75 Å². The molecule has 0 radical (unpaired) electrons. The van der Waals surface area contributed by atoms with Crippen molar-refractivity contribution in [3.05, 3.63) is 43.1 Å². The second kappa shape index (κ2) is 6.06. The summed E-state index contributed by atoms with van der Waals surface area (Å²) in [5, 5.41) is 0.708. The largest absolute Gasteiger partial charge is 0.323 e. The van der Waals surface area contributed by atoms with E-state index in [1.807, 2.05) is 12.1 Å². The summed E-state index contributed by atoms with van der Waals surface area (Å²) in [6, 6.07) is 8.13. The van der Waals surface area contributed by atoms with E-state index in [9.17, 15) is 0 Å². The van der Waals surface area contributed by atoms with Gasteiger partial charge in [0.25, 0.3) is 0 Å². The van der Waals surface area contributed by atoms with Crippen molar-refractivity contribution in [1.29, 1.82) is 0 Å². The van der Waals surface area contributed by atoms with Crippen molar-refractivity contribution in [1.82, 2.24) is 0 Å². The van der Waals surface area contributed by atoms with E-state index in [-0.39, 0.29) is 6.04 Å². The van der Waals surface area contributed by atoms with Crippen molar-refractivity contribution in [2.75, 3.05) is 0 Å². The van der Waals surface area contributed by atoms with Gasteiger partial charge in [0.05, 0.1) is 0 Å². The molecule has 2 rings (SSSR count). The Hall–Kier alpha value is 0.130. The van der Waals surface area contributed by atoms with Crippen LogP contribution in [0.2, 0.25) is 5.02 Å². The van der Waals surface area contributed by atoms with Crippen LogP contribution in [0.4, 0.5) is 0 Å². The Bertz CT molecular complexity index is 545. The minimum atomic E-state index is 0.119. The number of halogens is 3. The van der Waals surface area contributed by atoms with E-state index < -0.39 is 0 Å². The minimum absolute atomic E-state index is 0.119. The van der Waals surface area contributed by atoms with Gasteiger partial charge in [0.1, 0.15) is 0 Å². The van der Waals surface area contributed by atoms with Gasteiger partial charge in [0, 0.05) is 35.3 Å². The molecule has 1 aromatic heterocycles. The van der Waals surface area contributed by atoms with E-state index in [4.69, 9.17) is 17.3 Å². The topological polar surface area (TPSA) is 26.0 Å². The Morgan fingerprint density at radius 3 is 2.44 bits per heavy atom. The van der Waals surface area contributed by atoms with Crippen molar-refractivity contribution in [3.8, 4) is 10.4 Å². The molecule has 0 bridgehead atoms. The van der Waals surface area contributed by atoms with Gasteiger partial charge in [0.15, 0.2) is 0 Å². The molecule has 1 aromatic carbocycles. The molecule has 0 aliphatic carbocycles. The maximum absolute atomic E-state index is 6.05. The SMILES string of the molecule is CCC(N)c1ccc(-c2c(Br)cc(Cl)cc2Br)s1. The lowest BCUT2D eigenvalue weighted by molar-refractivity contribution is 0.712.